The van der Waals surface area contributed by atoms with Gasteiger partial charge in [0.25, 0.3) is 0 Å². The molecule has 1 saturated heterocycles. The minimum atomic E-state index is 0.252. The third-order valence-electron chi connectivity index (χ3n) is 5.29. The standard InChI is InChI=1S/C18H26N5/c19-21-20-17-8-6-16(7-9-17)10-11-22-12-14-23(15-13-22)18-4-2-1-3-5-18/h1-4,16-17H,6-15H2. The Labute approximate surface area is 138 Å². The normalized spacial score (nSPS) is 25.8. The highest BCUT2D eigenvalue weighted by atomic mass is 15.3. The summed E-state index contributed by atoms with van der Waals surface area (Å²) < 4.78 is 0. The summed E-state index contributed by atoms with van der Waals surface area (Å²) in [4.78, 5) is 7.97. The van der Waals surface area contributed by atoms with Gasteiger partial charge in [-0.2, -0.15) is 0 Å². The summed E-state index contributed by atoms with van der Waals surface area (Å²) in [6.07, 6.45) is 5.89. The van der Waals surface area contributed by atoms with Crippen LogP contribution in [0.25, 0.3) is 10.4 Å². The molecule has 123 valence electrons. The fourth-order valence-electron chi connectivity index (χ4n) is 3.78. The van der Waals surface area contributed by atoms with Gasteiger partial charge >= 0.3 is 0 Å². The number of hydrogen-bond acceptors (Lipinski definition) is 3. The number of hydrogen-bond donors (Lipinski definition) is 0. The zero-order valence-electron chi connectivity index (χ0n) is 13.8. The summed E-state index contributed by atoms with van der Waals surface area (Å²) in [7, 11) is 0. The first-order valence-electron chi connectivity index (χ1n) is 8.83. The highest BCUT2D eigenvalue weighted by Gasteiger charge is 2.22. The molecule has 1 aromatic rings. The molecule has 1 heterocycles. The Hall–Kier alpha value is -1.71. The number of rotatable bonds is 5. The van der Waals surface area contributed by atoms with E-state index in [0.717, 1.165) is 44.9 Å². The minimum absolute atomic E-state index is 0.252. The van der Waals surface area contributed by atoms with E-state index in [9.17, 15) is 0 Å². The van der Waals surface area contributed by atoms with Gasteiger partial charge in [-0.1, -0.05) is 36.2 Å². The van der Waals surface area contributed by atoms with Crippen LogP contribution in [-0.4, -0.2) is 43.7 Å². The molecule has 0 bridgehead atoms. The van der Waals surface area contributed by atoms with Crippen molar-refractivity contribution < 1.29 is 0 Å². The van der Waals surface area contributed by atoms with Gasteiger partial charge in [-0.25, -0.2) is 0 Å². The molecule has 5 nitrogen and oxygen atoms in total. The summed E-state index contributed by atoms with van der Waals surface area (Å²) in [6.45, 7) is 5.71. The molecule has 1 aliphatic heterocycles. The zero-order valence-corrected chi connectivity index (χ0v) is 13.8. The second kappa shape index (κ2) is 8.23. The Bertz CT molecular complexity index is 509. The maximum absolute atomic E-state index is 8.51. The van der Waals surface area contributed by atoms with Crippen molar-refractivity contribution in [1.29, 1.82) is 0 Å². The van der Waals surface area contributed by atoms with Gasteiger partial charge in [-0.3, -0.25) is 4.90 Å². The van der Waals surface area contributed by atoms with E-state index in [2.05, 4.69) is 38.0 Å². The highest BCUT2D eigenvalue weighted by molar-refractivity contribution is 5.45. The Morgan fingerprint density at radius 2 is 1.91 bits per heavy atom. The number of benzene rings is 1. The van der Waals surface area contributed by atoms with Gasteiger partial charge in [-0.05, 0) is 43.3 Å². The van der Waals surface area contributed by atoms with Gasteiger partial charge in [0.05, 0.1) is 0 Å². The molecule has 1 aliphatic carbocycles. The zero-order chi connectivity index (χ0) is 15.9. The second-order valence-electron chi connectivity index (χ2n) is 6.74. The fourth-order valence-corrected chi connectivity index (χ4v) is 3.78. The molecule has 0 amide bonds. The SMILES string of the molecule is [N-]=[N+]=NC1CCC(CCN2CCN(c3[c]cccc3)CC2)CC1. The van der Waals surface area contributed by atoms with Gasteiger partial charge in [-0.15, -0.1) is 0 Å². The van der Waals surface area contributed by atoms with Crippen LogP contribution in [0.15, 0.2) is 29.4 Å². The van der Waals surface area contributed by atoms with Crippen molar-refractivity contribution in [3.05, 3.63) is 40.8 Å². The van der Waals surface area contributed by atoms with Crippen LogP contribution in [0.3, 0.4) is 0 Å². The van der Waals surface area contributed by atoms with Gasteiger partial charge in [0.15, 0.2) is 0 Å². The lowest BCUT2D eigenvalue weighted by molar-refractivity contribution is 0.217. The lowest BCUT2D eigenvalue weighted by Gasteiger charge is -2.37. The van der Waals surface area contributed by atoms with Crippen molar-refractivity contribution in [2.75, 3.05) is 37.6 Å². The van der Waals surface area contributed by atoms with Crippen molar-refractivity contribution in [3.8, 4) is 0 Å². The monoisotopic (exact) mass is 312 g/mol. The lowest BCUT2D eigenvalue weighted by atomic mass is 9.84. The molecule has 23 heavy (non-hydrogen) atoms. The molecule has 1 radical (unpaired) electrons. The molecule has 0 N–H and O–H groups in total. The van der Waals surface area contributed by atoms with E-state index in [-0.39, 0.29) is 6.04 Å². The van der Waals surface area contributed by atoms with Crippen molar-refractivity contribution in [1.82, 2.24) is 4.90 Å². The van der Waals surface area contributed by atoms with E-state index < -0.39 is 0 Å². The molecule has 0 atom stereocenters. The summed E-state index contributed by atoms with van der Waals surface area (Å²) in [5.74, 6) is 0.820. The first kappa shape index (κ1) is 16.2. The minimum Gasteiger partial charge on any atom is -0.368 e. The third kappa shape index (κ3) is 4.63. The molecule has 1 aromatic carbocycles. The quantitative estimate of drug-likeness (QED) is 0.471. The largest absolute Gasteiger partial charge is 0.368 e. The molecule has 2 aliphatic rings. The van der Waals surface area contributed by atoms with E-state index in [1.807, 2.05) is 12.1 Å². The molecule has 5 heteroatoms. The van der Waals surface area contributed by atoms with E-state index in [1.54, 1.807) is 0 Å². The van der Waals surface area contributed by atoms with Crippen LogP contribution >= 0.6 is 0 Å². The number of nitrogens with zero attached hydrogens (tertiary/aromatic N) is 5. The van der Waals surface area contributed by atoms with Crippen LogP contribution in [0.5, 0.6) is 0 Å². The highest BCUT2D eigenvalue weighted by Crippen LogP contribution is 2.29. The van der Waals surface area contributed by atoms with Crippen molar-refractivity contribution in [3.63, 3.8) is 0 Å². The van der Waals surface area contributed by atoms with E-state index in [1.165, 1.54) is 31.5 Å². The Balaban J connectivity index is 1.36. The molecule has 2 fully saturated rings. The van der Waals surface area contributed by atoms with Crippen LogP contribution in [0, 0.1) is 12.0 Å². The summed E-state index contributed by atoms with van der Waals surface area (Å²) in [5.41, 5.74) is 9.73. The summed E-state index contributed by atoms with van der Waals surface area (Å²) in [5, 5.41) is 3.87. The van der Waals surface area contributed by atoms with Crippen molar-refractivity contribution in [2.24, 2.45) is 11.0 Å². The predicted octanol–water partition coefficient (Wildman–Crippen LogP) is 3.87. The maximum Gasteiger partial charge on any atom is 0.0447 e. The van der Waals surface area contributed by atoms with E-state index in [0.29, 0.717) is 0 Å². The summed E-state index contributed by atoms with van der Waals surface area (Å²) >= 11 is 0. The van der Waals surface area contributed by atoms with E-state index >= 15 is 0 Å². The Kier molecular flexibility index (Phi) is 5.78. The van der Waals surface area contributed by atoms with Crippen LogP contribution in [0.4, 0.5) is 5.69 Å². The molecule has 0 spiro atoms. The molecule has 3 rings (SSSR count). The molecule has 0 aromatic heterocycles. The fraction of sp³-hybridized carbons (Fsp3) is 0.667. The van der Waals surface area contributed by atoms with Gasteiger partial charge in [0.2, 0.25) is 0 Å². The number of anilines is 1. The van der Waals surface area contributed by atoms with Crippen molar-refractivity contribution in [2.45, 2.75) is 38.1 Å². The summed E-state index contributed by atoms with van der Waals surface area (Å²) in [6, 6.07) is 11.8. The molecule has 1 saturated carbocycles. The average molecular weight is 312 g/mol. The van der Waals surface area contributed by atoms with Crippen LogP contribution < -0.4 is 4.90 Å². The smallest absolute Gasteiger partial charge is 0.0447 e. The Morgan fingerprint density at radius 1 is 1.13 bits per heavy atom. The van der Waals surface area contributed by atoms with Crippen LogP contribution in [0.2, 0.25) is 0 Å². The number of piperazine rings is 1. The third-order valence-corrected chi connectivity index (χ3v) is 5.29. The van der Waals surface area contributed by atoms with Gasteiger partial charge < -0.3 is 4.90 Å². The molecular weight excluding hydrogens is 286 g/mol. The molecule has 0 unspecified atom stereocenters. The van der Waals surface area contributed by atoms with Gasteiger partial charge in [0, 0.05) is 48.9 Å². The lowest BCUT2D eigenvalue weighted by Crippen LogP contribution is -2.47. The molecular formula is C18H26N5. The second-order valence-corrected chi connectivity index (χ2v) is 6.74. The first-order valence-corrected chi connectivity index (χ1v) is 8.83. The maximum atomic E-state index is 8.51. The topological polar surface area (TPSA) is 55.2 Å². The number of para-hydroxylation sites is 1. The Morgan fingerprint density at radius 3 is 2.57 bits per heavy atom. The van der Waals surface area contributed by atoms with Crippen molar-refractivity contribution >= 4 is 5.69 Å². The van der Waals surface area contributed by atoms with Gasteiger partial charge in [0.1, 0.15) is 0 Å². The van der Waals surface area contributed by atoms with Crippen LogP contribution in [0.1, 0.15) is 32.1 Å². The predicted molar refractivity (Wildman–Crippen MR) is 93.4 cm³/mol. The van der Waals surface area contributed by atoms with Crippen LogP contribution in [-0.2, 0) is 0 Å². The first-order chi connectivity index (χ1) is 11.3. The number of azide groups is 1. The average Bonchev–Trinajstić information content (AvgIpc) is 2.63. The van der Waals surface area contributed by atoms with E-state index in [4.69, 9.17) is 5.53 Å².